The smallest absolute Gasteiger partial charge is 0.325 e. The van der Waals surface area contributed by atoms with Crippen molar-refractivity contribution in [2.45, 2.75) is 38.3 Å². The molecule has 0 saturated heterocycles. The SMILES string of the molecule is COC(=O)Cn1c(=NC(=O)c2ccc(S(=O)(=O)N3CCc4ccccc4C3)cc2)sc2cc(C)c(C)cc21. The third-order valence-electron chi connectivity index (χ3n) is 6.84. The number of ether oxygens (including phenoxy) is 1. The van der Waals surface area contributed by atoms with Gasteiger partial charge >= 0.3 is 5.97 Å². The van der Waals surface area contributed by atoms with Gasteiger partial charge in [0.15, 0.2) is 4.80 Å². The molecule has 0 fully saturated rings. The van der Waals surface area contributed by atoms with Gasteiger partial charge in [-0.1, -0.05) is 35.6 Å². The van der Waals surface area contributed by atoms with Crippen LogP contribution in [0.5, 0.6) is 0 Å². The highest BCUT2D eigenvalue weighted by Gasteiger charge is 2.28. The van der Waals surface area contributed by atoms with Crippen LogP contribution >= 0.6 is 11.3 Å². The Morgan fingerprint density at radius 1 is 1.00 bits per heavy atom. The third kappa shape index (κ3) is 4.94. The van der Waals surface area contributed by atoms with Crippen molar-refractivity contribution in [2.24, 2.45) is 4.99 Å². The molecule has 4 aromatic rings. The van der Waals surface area contributed by atoms with Crippen LogP contribution < -0.4 is 4.80 Å². The summed E-state index contributed by atoms with van der Waals surface area (Å²) in [6, 6.07) is 17.6. The second kappa shape index (κ2) is 10.3. The molecule has 0 unspecified atom stereocenters. The Balaban J connectivity index is 1.44. The summed E-state index contributed by atoms with van der Waals surface area (Å²) in [5, 5.41) is 0. The fourth-order valence-electron chi connectivity index (χ4n) is 4.50. The molecule has 196 valence electrons. The van der Waals surface area contributed by atoms with Gasteiger partial charge in [-0.2, -0.15) is 9.30 Å². The number of hydrogen-bond acceptors (Lipinski definition) is 6. The molecule has 1 amide bonds. The van der Waals surface area contributed by atoms with Gasteiger partial charge in [-0.15, -0.1) is 0 Å². The van der Waals surface area contributed by atoms with E-state index < -0.39 is 21.9 Å². The van der Waals surface area contributed by atoms with Gasteiger partial charge in [0.2, 0.25) is 10.0 Å². The average molecular weight is 550 g/mol. The maximum absolute atomic E-state index is 13.3. The second-order valence-electron chi connectivity index (χ2n) is 9.25. The van der Waals surface area contributed by atoms with E-state index in [1.165, 1.54) is 47.0 Å². The zero-order valence-corrected chi connectivity index (χ0v) is 22.9. The first-order chi connectivity index (χ1) is 18.2. The number of carbonyl (C=O) groups is 2. The third-order valence-corrected chi connectivity index (χ3v) is 9.75. The van der Waals surface area contributed by atoms with Crippen molar-refractivity contribution in [3.63, 3.8) is 0 Å². The number of carbonyl (C=O) groups excluding carboxylic acids is 2. The summed E-state index contributed by atoms with van der Waals surface area (Å²) in [6.07, 6.45) is 0.657. The van der Waals surface area contributed by atoms with Crippen LogP contribution in [0.1, 0.15) is 32.6 Å². The Kier molecular flexibility index (Phi) is 7.04. The Bertz CT molecular complexity index is 1730. The number of sulfonamides is 1. The number of fused-ring (bicyclic) bond motifs is 2. The van der Waals surface area contributed by atoms with Gasteiger partial charge in [0.1, 0.15) is 6.54 Å². The predicted molar refractivity (Wildman–Crippen MR) is 145 cm³/mol. The van der Waals surface area contributed by atoms with Crippen LogP contribution in [0.2, 0.25) is 0 Å². The number of aryl methyl sites for hydroxylation is 2. The zero-order valence-electron chi connectivity index (χ0n) is 21.3. The Labute approximate surface area is 224 Å². The van der Waals surface area contributed by atoms with Crippen LogP contribution in [-0.4, -0.2) is 42.8 Å². The molecule has 1 aliphatic heterocycles. The normalized spacial score (nSPS) is 14.4. The van der Waals surface area contributed by atoms with Crippen molar-refractivity contribution in [2.75, 3.05) is 13.7 Å². The van der Waals surface area contributed by atoms with Crippen LogP contribution in [0.15, 0.2) is 70.6 Å². The van der Waals surface area contributed by atoms with Crippen LogP contribution in [0, 0.1) is 13.8 Å². The monoisotopic (exact) mass is 549 g/mol. The number of esters is 1. The van der Waals surface area contributed by atoms with E-state index in [2.05, 4.69) is 4.99 Å². The number of hydrogen-bond donors (Lipinski definition) is 0. The van der Waals surface area contributed by atoms with Gasteiger partial charge in [0.05, 0.1) is 22.2 Å². The molecule has 10 heteroatoms. The zero-order chi connectivity index (χ0) is 27.0. The van der Waals surface area contributed by atoms with E-state index in [0.717, 1.165) is 32.5 Å². The molecule has 0 spiro atoms. The summed E-state index contributed by atoms with van der Waals surface area (Å²) in [6.45, 7) is 4.62. The maximum atomic E-state index is 13.3. The molecule has 1 aromatic heterocycles. The molecule has 5 rings (SSSR count). The fraction of sp³-hybridized carbons (Fsp3) is 0.250. The van der Waals surface area contributed by atoms with Gasteiger partial charge in [-0.3, -0.25) is 9.59 Å². The lowest BCUT2D eigenvalue weighted by Gasteiger charge is -2.28. The van der Waals surface area contributed by atoms with Crippen molar-refractivity contribution < 1.29 is 22.7 Å². The van der Waals surface area contributed by atoms with E-state index in [4.69, 9.17) is 4.74 Å². The summed E-state index contributed by atoms with van der Waals surface area (Å²) in [5.74, 6) is -0.980. The van der Waals surface area contributed by atoms with Crippen LogP contribution in [-0.2, 0) is 39.1 Å². The molecule has 0 N–H and O–H groups in total. The molecule has 2 heterocycles. The number of rotatable bonds is 5. The topological polar surface area (TPSA) is 98.0 Å². The molecular weight excluding hydrogens is 522 g/mol. The summed E-state index contributed by atoms with van der Waals surface area (Å²) >= 11 is 1.31. The van der Waals surface area contributed by atoms with Gasteiger partial charge in [0, 0.05) is 18.7 Å². The lowest BCUT2D eigenvalue weighted by Crippen LogP contribution is -2.35. The van der Waals surface area contributed by atoms with Gasteiger partial charge in [0.25, 0.3) is 5.91 Å². The van der Waals surface area contributed by atoms with Crippen LogP contribution in [0.4, 0.5) is 0 Å². The lowest BCUT2D eigenvalue weighted by atomic mass is 10.0. The summed E-state index contributed by atoms with van der Waals surface area (Å²) in [5.41, 5.74) is 5.36. The molecule has 0 atom stereocenters. The standard InChI is InChI=1S/C28H27N3O5S2/c1-18-14-24-25(15-19(18)2)37-28(31(24)17-26(32)36-3)29-27(33)21-8-10-23(11-9-21)38(34,35)30-13-12-20-6-4-5-7-22(20)16-30/h4-11,14-15H,12-13,16-17H2,1-3H3. The van der Waals surface area contributed by atoms with Gasteiger partial charge < -0.3 is 9.30 Å². The molecule has 0 radical (unpaired) electrons. The molecule has 0 saturated carbocycles. The minimum Gasteiger partial charge on any atom is -0.468 e. The number of thiazole rings is 1. The number of methoxy groups -OCH3 is 1. The number of aromatic nitrogens is 1. The van der Waals surface area contributed by atoms with Crippen LogP contribution in [0.25, 0.3) is 10.2 Å². The van der Waals surface area contributed by atoms with Gasteiger partial charge in [-0.05, 0) is 78.9 Å². The van der Waals surface area contributed by atoms with E-state index >= 15 is 0 Å². The average Bonchev–Trinajstić information content (AvgIpc) is 3.23. The number of nitrogens with zero attached hydrogens (tertiary/aromatic N) is 3. The number of benzene rings is 3. The summed E-state index contributed by atoms with van der Waals surface area (Å²) in [7, 11) is -2.40. The van der Waals surface area contributed by atoms with E-state index in [9.17, 15) is 18.0 Å². The van der Waals surface area contributed by atoms with E-state index in [0.29, 0.717) is 24.3 Å². The maximum Gasteiger partial charge on any atom is 0.325 e. The molecule has 0 bridgehead atoms. The highest BCUT2D eigenvalue weighted by atomic mass is 32.2. The van der Waals surface area contributed by atoms with E-state index in [-0.39, 0.29) is 17.0 Å². The van der Waals surface area contributed by atoms with Crippen molar-refractivity contribution in [3.8, 4) is 0 Å². The summed E-state index contributed by atoms with van der Waals surface area (Å²) < 4.78 is 35.4. The fourth-order valence-corrected chi connectivity index (χ4v) is 7.02. The molecule has 1 aliphatic rings. The van der Waals surface area contributed by atoms with Gasteiger partial charge in [-0.25, -0.2) is 8.42 Å². The number of amides is 1. The molecule has 0 aliphatic carbocycles. The quantitative estimate of drug-likeness (QED) is 0.351. The van der Waals surface area contributed by atoms with Crippen LogP contribution in [0.3, 0.4) is 0 Å². The molecular formula is C28H27N3O5S2. The minimum absolute atomic E-state index is 0.0821. The van der Waals surface area contributed by atoms with E-state index in [1.54, 1.807) is 4.57 Å². The first-order valence-corrected chi connectivity index (χ1v) is 14.4. The minimum atomic E-state index is -3.72. The van der Waals surface area contributed by atoms with E-state index in [1.807, 2.05) is 50.2 Å². The highest BCUT2D eigenvalue weighted by molar-refractivity contribution is 7.89. The van der Waals surface area contributed by atoms with Crippen molar-refractivity contribution in [3.05, 3.63) is 93.3 Å². The van der Waals surface area contributed by atoms with Crippen molar-refractivity contribution >= 4 is 43.5 Å². The Morgan fingerprint density at radius 3 is 2.39 bits per heavy atom. The van der Waals surface area contributed by atoms with Crippen molar-refractivity contribution in [1.29, 1.82) is 0 Å². The lowest BCUT2D eigenvalue weighted by molar-refractivity contribution is -0.141. The summed E-state index contributed by atoms with van der Waals surface area (Å²) in [4.78, 5) is 30.0. The van der Waals surface area contributed by atoms with Crippen molar-refractivity contribution in [1.82, 2.24) is 8.87 Å². The molecule has 8 nitrogen and oxygen atoms in total. The highest BCUT2D eigenvalue weighted by Crippen LogP contribution is 2.26. The Hall–Kier alpha value is -3.60. The first-order valence-electron chi connectivity index (χ1n) is 12.1. The molecule has 3 aromatic carbocycles. The largest absolute Gasteiger partial charge is 0.468 e. The molecule has 38 heavy (non-hydrogen) atoms. The Morgan fingerprint density at radius 2 is 1.68 bits per heavy atom. The predicted octanol–water partition coefficient (Wildman–Crippen LogP) is 3.98. The first kappa shape index (κ1) is 26.0. The second-order valence-corrected chi connectivity index (χ2v) is 12.2.